The predicted octanol–water partition coefficient (Wildman–Crippen LogP) is 3.62. The molecule has 0 bridgehead atoms. The van der Waals surface area contributed by atoms with Gasteiger partial charge in [-0.25, -0.2) is 0 Å². The zero-order chi connectivity index (χ0) is 9.35. The number of rotatable bonds is 0. The fraction of sp³-hybridized carbons (Fsp3) is 1.00. The molecule has 0 aromatic carbocycles. The van der Waals surface area contributed by atoms with Crippen molar-refractivity contribution in [2.45, 2.75) is 39.3 Å². The van der Waals surface area contributed by atoms with Crippen LogP contribution in [-0.4, -0.2) is 6.18 Å². The van der Waals surface area contributed by atoms with E-state index >= 15 is 0 Å². The van der Waals surface area contributed by atoms with Gasteiger partial charge in [0.1, 0.15) is 0 Å². The minimum absolute atomic E-state index is 0.179. The molecule has 1 aliphatic rings. The minimum atomic E-state index is -3.98. The molecule has 0 saturated heterocycles. The van der Waals surface area contributed by atoms with Crippen molar-refractivity contribution >= 4 is 0 Å². The molecule has 0 aromatic rings. The lowest BCUT2D eigenvalue weighted by Crippen LogP contribution is -2.33. The first kappa shape index (κ1) is 9.87. The molecule has 72 valence electrons. The Morgan fingerprint density at radius 2 is 1.67 bits per heavy atom. The Balaban J connectivity index is 2.61. The average Bonchev–Trinajstić information content (AvgIpc) is 1.92. The Morgan fingerprint density at radius 3 is 2.08 bits per heavy atom. The molecular weight excluding hydrogens is 165 g/mol. The van der Waals surface area contributed by atoms with E-state index in [2.05, 4.69) is 0 Å². The van der Waals surface area contributed by atoms with Crippen LogP contribution < -0.4 is 0 Å². The molecule has 0 heterocycles. The van der Waals surface area contributed by atoms with Crippen LogP contribution in [0, 0.1) is 17.8 Å². The van der Waals surface area contributed by atoms with Gasteiger partial charge >= 0.3 is 6.18 Å². The molecule has 1 unspecified atom stereocenters. The van der Waals surface area contributed by atoms with Crippen molar-refractivity contribution in [3.63, 3.8) is 0 Å². The standard InChI is InChI=1S/C9H15F3/c1-6-3-4-7(2)8(5-6)9(10,11)12/h6-8H,3-5H2,1-2H3/t6-,7?,8+/m0/s1. The monoisotopic (exact) mass is 180 g/mol. The molecule has 12 heavy (non-hydrogen) atoms. The maximum atomic E-state index is 12.4. The Hall–Kier alpha value is -0.210. The van der Waals surface area contributed by atoms with Gasteiger partial charge in [0.05, 0.1) is 5.92 Å². The fourth-order valence-electron chi connectivity index (χ4n) is 1.99. The van der Waals surface area contributed by atoms with Gasteiger partial charge in [-0.05, 0) is 24.7 Å². The molecule has 0 spiro atoms. The van der Waals surface area contributed by atoms with Crippen LogP contribution in [-0.2, 0) is 0 Å². The van der Waals surface area contributed by atoms with Gasteiger partial charge < -0.3 is 0 Å². The van der Waals surface area contributed by atoms with E-state index < -0.39 is 12.1 Å². The molecule has 0 radical (unpaired) electrons. The molecule has 1 aliphatic carbocycles. The van der Waals surface area contributed by atoms with Gasteiger partial charge in [0.25, 0.3) is 0 Å². The number of halogens is 3. The van der Waals surface area contributed by atoms with Crippen LogP contribution in [0.25, 0.3) is 0 Å². The Morgan fingerprint density at radius 1 is 1.08 bits per heavy atom. The molecule has 3 atom stereocenters. The molecule has 0 aromatic heterocycles. The first-order valence-electron chi connectivity index (χ1n) is 4.48. The van der Waals surface area contributed by atoms with E-state index in [1.54, 1.807) is 6.92 Å². The smallest absolute Gasteiger partial charge is 0.171 e. The largest absolute Gasteiger partial charge is 0.392 e. The third-order valence-corrected chi connectivity index (χ3v) is 2.88. The second kappa shape index (κ2) is 3.27. The van der Waals surface area contributed by atoms with Gasteiger partial charge in [-0.3, -0.25) is 0 Å². The SMILES string of the molecule is CC1CC[C@H](C)C[C@H]1C(F)(F)F. The molecule has 0 N–H and O–H groups in total. The summed E-state index contributed by atoms with van der Waals surface area (Å²) in [6.45, 7) is 3.62. The number of hydrogen-bond donors (Lipinski definition) is 0. The fourth-order valence-corrected chi connectivity index (χ4v) is 1.99. The molecule has 3 heteroatoms. The van der Waals surface area contributed by atoms with Crippen molar-refractivity contribution < 1.29 is 13.2 Å². The van der Waals surface area contributed by atoms with Crippen molar-refractivity contribution in [2.75, 3.05) is 0 Å². The first-order chi connectivity index (χ1) is 5.41. The van der Waals surface area contributed by atoms with Gasteiger partial charge in [0, 0.05) is 0 Å². The number of hydrogen-bond acceptors (Lipinski definition) is 0. The van der Waals surface area contributed by atoms with Crippen LogP contribution >= 0.6 is 0 Å². The summed E-state index contributed by atoms with van der Waals surface area (Å²) in [5, 5.41) is 0. The van der Waals surface area contributed by atoms with E-state index in [4.69, 9.17) is 0 Å². The van der Waals surface area contributed by atoms with Crippen LogP contribution in [0.15, 0.2) is 0 Å². The summed E-state index contributed by atoms with van der Waals surface area (Å²) in [6, 6.07) is 0. The lowest BCUT2D eigenvalue weighted by atomic mass is 9.75. The molecule has 0 amide bonds. The van der Waals surface area contributed by atoms with E-state index in [1.165, 1.54) is 0 Å². The second-order valence-corrected chi connectivity index (χ2v) is 4.04. The molecular formula is C9H15F3. The van der Waals surface area contributed by atoms with E-state index in [1.807, 2.05) is 6.92 Å². The number of alkyl halides is 3. The zero-order valence-electron chi connectivity index (χ0n) is 7.49. The van der Waals surface area contributed by atoms with Crippen LogP contribution in [0.4, 0.5) is 13.2 Å². The molecule has 1 fully saturated rings. The summed E-state index contributed by atoms with van der Waals surface area (Å²) in [5.41, 5.74) is 0. The third-order valence-electron chi connectivity index (χ3n) is 2.88. The maximum Gasteiger partial charge on any atom is 0.392 e. The van der Waals surface area contributed by atoms with E-state index in [0.29, 0.717) is 6.42 Å². The van der Waals surface area contributed by atoms with Crippen molar-refractivity contribution in [3.8, 4) is 0 Å². The molecule has 1 rings (SSSR count). The van der Waals surface area contributed by atoms with Gasteiger partial charge in [-0.1, -0.05) is 20.3 Å². The Kier molecular flexibility index (Phi) is 2.69. The quantitative estimate of drug-likeness (QED) is 0.534. The van der Waals surface area contributed by atoms with Crippen LogP contribution in [0.3, 0.4) is 0 Å². The van der Waals surface area contributed by atoms with Crippen LogP contribution in [0.2, 0.25) is 0 Å². The minimum Gasteiger partial charge on any atom is -0.171 e. The van der Waals surface area contributed by atoms with Crippen molar-refractivity contribution in [1.82, 2.24) is 0 Å². The lowest BCUT2D eigenvalue weighted by Gasteiger charge is -2.33. The van der Waals surface area contributed by atoms with Crippen LogP contribution in [0.5, 0.6) is 0 Å². The third kappa shape index (κ3) is 2.14. The van der Waals surface area contributed by atoms with Crippen LogP contribution in [0.1, 0.15) is 33.1 Å². The summed E-state index contributed by atoms with van der Waals surface area (Å²) >= 11 is 0. The zero-order valence-corrected chi connectivity index (χ0v) is 7.49. The van der Waals surface area contributed by atoms with E-state index in [-0.39, 0.29) is 11.8 Å². The Labute approximate surface area is 71.1 Å². The summed E-state index contributed by atoms with van der Waals surface area (Å²) in [7, 11) is 0. The van der Waals surface area contributed by atoms with Gasteiger partial charge in [0.2, 0.25) is 0 Å². The highest BCUT2D eigenvalue weighted by Crippen LogP contribution is 2.42. The van der Waals surface area contributed by atoms with Gasteiger partial charge in [0.15, 0.2) is 0 Å². The van der Waals surface area contributed by atoms with Gasteiger partial charge in [-0.15, -0.1) is 0 Å². The summed E-state index contributed by atoms with van der Waals surface area (Å²) in [5.74, 6) is -0.990. The van der Waals surface area contributed by atoms with Crippen molar-refractivity contribution in [2.24, 2.45) is 17.8 Å². The normalized spacial score (nSPS) is 38.2. The topological polar surface area (TPSA) is 0 Å². The molecule has 0 nitrogen and oxygen atoms in total. The first-order valence-corrected chi connectivity index (χ1v) is 4.48. The highest BCUT2D eigenvalue weighted by atomic mass is 19.4. The van der Waals surface area contributed by atoms with Crippen molar-refractivity contribution in [1.29, 1.82) is 0 Å². The highest BCUT2D eigenvalue weighted by Gasteiger charge is 2.44. The second-order valence-electron chi connectivity index (χ2n) is 4.04. The lowest BCUT2D eigenvalue weighted by molar-refractivity contribution is -0.198. The summed E-state index contributed by atoms with van der Waals surface area (Å²) in [4.78, 5) is 0. The average molecular weight is 180 g/mol. The Bertz CT molecular complexity index is 150. The maximum absolute atomic E-state index is 12.4. The molecule has 0 aliphatic heterocycles. The van der Waals surface area contributed by atoms with E-state index in [9.17, 15) is 13.2 Å². The van der Waals surface area contributed by atoms with Crippen molar-refractivity contribution in [3.05, 3.63) is 0 Å². The molecule has 1 saturated carbocycles. The predicted molar refractivity (Wildman–Crippen MR) is 41.7 cm³/mol. The van der Waals surface area contributed by atoms with E-state index in [0.717, 1.165) is 12.8 Å². The van der Waals surface area contributed by atoms with Gasteiger partial charge in [-0.2, -0.15) is 13.2 Å². The summed E-state index contributed by atoms with van der Waals surface area (Å²) < 4.78 is 37.1. The summed E-state index contributed by atoms with van der Waals surface area (Å²) in [6.07, 6.45) is -1.97. The highest BCUT2D eigenvalue weighted by molar-refractivity contribution is 4.80.